The van der Waals surface area contributed by atoms with Gasteiger partial charge in [0, 0.05) is 12.8 Å². The van der Waals surface area contributed by atoms with E-state index in [1.165, 1.54) is 25.3 Å². The summed E-state index contributed by atoms with van der Waals surface area (Å²) in [6.45, 7) is 6.07. The summed E-state index contributed by atoms with van der Waals surface area (Å²) in [5, 5.41) is 12.4. The van der Waals surface area contributed by atoms with E-state index in [0.717, 1.165) is 6.26 Å². The lowest BCUT2D eigenvalue weighted by molar-refractivity contribution is -0.181. The summed E-state index contributed by atoms with van der Waals surface area (Å²) in [6.07, 6.45) is 0.466. The Labute approximate surface area is 154 Å². The van der Waals surface area contributed by atoms with Crippen LogP contribution in [0.5, 0.6) is 5.75 Å². The largest absolute Gasteiger partial charge is 0.493 e. The molecular weight excluding hydrogens is 362 g/mol. The fourth-order valence-electron chi connectivity index (χ4n) is 1.99. The molecule has 1 aromatic rings. The van der Waals surface area contributed by atoms with Crippen molar-refractivity contribution in [3.63, 3.8) is 0 Å². The fraction of sp³-hybridized carbons (Fsp3) is 0.588. The van der Waals surface area contributed by atoms with Crippen molar-refractivity contribution in [1.82, 2.24) is 5.32 Å². The second-order valence-corrected chi connectivity index (χ2v) is 8.68. The monoisotopic (exact) mass is 389 g/mol. The minimum Gasteiger partial charge on any atom is -0.493 e. The summed E-state index contributed by atoms with van der Waals surface area (Å²) < 4.78 is 38.9. The quantitative estimate of drug-likeness (QED) is 0.370. The van der Waals surface area contributed by atoms with E-state index in [-0.39, 0.29) is 22.8 Å². The molecule has 0 fully saturated rings. The first kappa shape index (κ1) is 22.4. The van der Waals surface area contributed by atoms with E-state index in [0.29, 0.717) is 13.0 Å². The lowest BCUT2D eigenvalue weighted by Crippen LogP contribution is -2.38. The van der Waals surface area contributed by atoms with Gasteiger partial charge < -0.3 is 19.3 Å². The van der Waals surface area contributed by atoms with E-state index >= 15 is 0 Å². The van der Waals surface area contributed by atoms with Gasteiger partial charge in [-0.15, -0.1) is 0 Å². The smallest absolute Gasteiger partial charge is 0.341 e. The zero-order valence-electron chi connectivity index (χ0n) is 15.7. The molecule has 1 unspecified atom stereocenters. The van der Waals surface area contributed by atoms with Crippen molar-refractivity contribution in [1.29, 1.82) is 0 Å². The Kier molecular flexibility index (Phi) is 8.01. The summed E-state index contributed by atoms with van der Waals surface area (Å²) in [5.74, 6) is -0.488. The Hall–Kier alpha value is -1.68. The van der Waals surface area contributed by atoms with E-state index < -0.39 is 27.8 Å². The lowest BCUT2D eigenvalue weighted by atomic mass is 10.2. The molecule has 0 spiro atoms. The molecule has 0 radical (unpaired) electrons. The molecule has 0 amide bonds. The van der Waals surface area contributed by atoms with Crippen LogP contribution in [0.1, 0.15) is 37.6 Å². The Balaban J connectivity index is 2.66. The molecule has 0 aliphatic carbocycles. The van der Waals surface area contributed by atoms with Crippen LogP contribution in [0.2, 0.25) is 0 Å². The second kappa shape index (κ2) is 9.31. The maximum atomic E-state index is 11.8. The molecule has 9 heteroatoms. The number of rotatable bonds is 9. The summed E-state index contributed by atoms with van der Waals surface area (Å²) in [5.41, 5.74) is -0.339. The third-order valence-corrected chi connectivity index (χ3v) is 4.26. The molecule has 26 heavy (non-hydrogen) atoms. The van der Waals surface area contributed by atoms with Crippen LogP contribution in [-0.4, -0.2) is 58.0 Å². The number of aliphatic hydroxyl groups excluding tert-OH is 1. The molecule has 1 aromatic carbocycles. The average Bonchev–Trinajstić information content (AvgIpc) is 2.51. The SMILES string of the molecule is COC(=O)c1ccc(S(C)(=O)=O)cc1OCCCNC(O)OC(C)(C)C. The minimum atomic E-state index is -3.43. The molecule has 8 nitrogen and oxygen atoms in total. The van der Waals surface area contributed by atoms with Crippen molar-refractivity contribution in [2.45, 2.75) is 44.1 Å². The summed E-state index contributed by atoms with van der Waals surface area (Å²) >= 11 is 0. The predicted molar refractivity (Wildman–Crippen MR) is 95.9 cm³/mol. The van der Waals surface area contributed by atoms with Crippen molar-refractivity contribution in [2.24, 2.45) is 0 Å². The van der Waals surface area contributed by atoms with E-state index in [2.05, 4.69) is 10.1 Å². The molecule has 2 N–H and O–H groups in total. The first-order valence-corrected chi connectivity index (χ1v) is 9.97. The van der Waals surface area contributed by atoms with E-state index in [1.807, 2.05) is 20.8 Å². The van der Waals surface area contributed by atoms with E-state index in [4.69, 9.17) is 9.47 Å². The lowest BCUT2D eigenvalue weighted by Gasteiger charge is -2.24. The third-order valence-electron chi connectivity index (χ3n) is 3.15. The summed E-state index contributed by atoms with van der Waals surface area (Å²) in [6, 6.07) is 3.99. The number of carbonyl (C=O) groups is 1. The van der Waals surface area contributed by atoms with Gasteiger partial charge in [-0.25, -0.2) is 13.2 Å². The fourth-order valence-corrected chi connectivity index (χ4v) is 2.62. The molecule has 0 saturated heterocycles. The highest BCUT2D eigenvalue weighted by Gasteiger charge is 2.18. The number of sulfone groups is 1. The van der Waals surface area contributed by atoms with E-state index in [1.54, 1.807) is 0 Å². The van der Waals surface area contributed by atoms with Gasteiger partial charge in [-0.2, -0.15) is 0 Å². The number of hydrogen-bond donors (Lipinski definition) is 2. The third kappa shape index (κ3) is 7.69. The van der Waals surface area contributed by atoms with Crippen LogP contribution in [0.3, 0.4) is 0 Å². The number of benzene rings is 1. The molecule has 0 heterocycles. The Bertz CT molecular complexity index is 710. The number of aliphatic hydroxyl groups is 1. The summed E-state index contributed by atoms with van der Waals surface area (Å²) in [4.78, 5) is 11.8. The van der Waals surface area contributed by atoms with Gasteiger partial charge in [0.1, 0.15) is 11.3 Å². The van der Waals surface area contributed by atoms with Gasteiger partial charge in [0.2, 0.25) is 6.41 Å². The van der Waals surface area contributed by atoms with Crippen LogP contribution in [-0.2, 0) is 19.3 Å². The highest BCUT2D eigenvalue weighted by Crippen LogP contribution is 2.24. The van der Waals surface area contributed by atoms with Crippen LogP contribution < -0.4 is 10.1 Å². The van der Waals surface area contributed by atoms with Crippen LogP contribution in [0.15, 0.2) is 23.1 Å². The highest BCUT2D eigenvalue weighted by molar-refractivity contribution is 7.90. The minimum absolute atomic E-state index is 0.0484. The van der Waals surface area contributed by atoms with E-state index in [9.17, 15) is 18.3 Å². The van der Waals surface area contributed by atoms with Gasteiger partial charge in [0.05, 0.1) is 24.2 Å². The molecule has 0 bridgehead atoms. The van der Waals surface area contributed by atoms with Gasteiger partial charge in [-0.05, 0) is 45.4 Å². The second-order valence-electron chi connectivity index (χ2n) is 6.66. The van der Waals surface area contributed by atoms with Crippen molar-refractivity contribution >= 4 is 15.8 Å². The molecule has 1 rings (SSSR count). The van der Waals surface area contributed by atoms with Gasteiger partial charge in [-0.1, -0.05) is 0 Å². The van der Waals surface area contributed by atoms with Crippen LogP contribution in [0, 0.1) is 0 Å². The number of methoxy groups -OCH3 is 1. The highest BCUT2D eigenvalue weighted by atomic mass is 32.2. The number of hydrogen-bond acceptors (Lipinski definition) is 8. The van der Waals surface area contributed by atoms with Crippen molar-refractivity contribution in [3.8, 4) is 5.75 Å². The van der Waals surface area contributed by atoms with Crippen molar-refractivity contribution < 1.29 is 32.5 Å². The molecule has 1 atom stereocenters. The average molecular weight is 389 g/mol. The van der Waals surface area contributed by atoms with Gasteiger partial charge in [0.15, 0.2) is 9.84 Å². The maximum Gasteiger partial charge on any atom is 0.341 e. The first-order chi connectivity index (χ1) is 11.9. The molecule has 0 saturated carbocycles. The van der Waals surface area contributed by atoms with Gasteiger partial charge >= 0.3 is 5.97 Å². The van der Waals surface area contributed by atoms with Gasteiger partial charge in [0.25, 0.3) is 0 Å². The topological polar surface area (TPSA) is 111 Å². The van der Waals surface area contributed by atoms with Crippen LogP contribution in [0.4, 0.5) is 0 Å². The zero-order valence-corrected chi connectivity index (χ0v) is 16.6. The number of esters is 1. The number of nitrogens with one attached hydrogen (secondary N) is 1. The van der Waals surface area contributed by atoms with Crippen molar-refractivity contribution in [2.75, 3.05) is 26.5 Å². The number of ether oxygens (including phenoxy) is 3. The number of carbonyl (C=O) groups excluding carboxylic acids is 1. The molecular formula is C17H27NO7S. The standard InChI is InChI=1S/C17H27NO7S/c1-17(2,3)25-16(20)18-9-6-10-24-14-11-12(26(5,21)22)7-8-13(14)15(19)23-4/h7-8,11,16,18,20H,6,9-10H2,1-5H3. The van der Waals surface area contributed by atoms with Gasteiger partial charge in [-0.3, -0.25) is 5.32 Å². The molecule has 0 aromatic heterocycles. The molecule has 0 aliphatic rings. The zero-order chi connectivity index (χ0) is 20.0. The predicted octanol–water partition coefficient (Wildman–Crippen LogP) is 1.33. The van der Waals surface area contributed by atoms with Crippen molar-refractivity contribution in [3.05, 3.63) is 23.8 Å². The van der Waals surface area contributed by atoms with Crippen LogP contribution >= 0.6 is 0 Å². The Morgan fingerprint density at radius 3 is 2.50 bits per heavy atom. The molecule has 0 aliphatic heterocycles. The normalized spacial score (nSPS) is 13.3. The summed E-state index contributed by atoms with van der Waals surface area (Å²) in [7, 11) is -2.20. The Morgan fingerprint density at radius 2 is 1.96 bits per heavy atom. The Morgan fingerprint density at radius 1 is 1.31 bits per heavy atom. The first-order valence-electron chi connectivity index (χ1n) is 8.08. The van der Waals surface area contributed by atoms with Crippen LogP contribution in [0.25, 0.3) is 0 Å². The molecule has 148 valence electrons. The maximum absolute atomic E-state index is 11.8.